The van der Waals surface area contributed by atoms with E-state index in [0.29, 0.717) is 24.7 Å². The summed E-state index contributed by atoms with van der Waals surface area (Å²) in [4.78, 5) is 39.2. The topological polar surface area (TPSA) is 78.5 Å². The van der Waals surface area contributed by atoms with Crippen LogP contribution in [0.2, 0.25) is 0 Å². The van der Waals surface area contributed by atoms with Crippen LogP contribution < -0.4 is 10.6 Å². The number of nitrogens with one attached hydrogen (secondary N) is 2. The summed E-state index contributed by atoms with van der Waals surface area (Å²) in [6.45, 7) is 13.5. The van der Waals surface area contributed by atoms with Crippen molar-refractivity contribution in [1.29, 1.82) is 0 Å². The highest BCUT2D eigenvalue weighted by atomic mass is 16.2. The summed E-state index contributed by atoms with van der Waals surface area (Å²) >= 11 is 0. The minimum Gasteiger partial charge on any atom is -0.343 e. The number of ketones is 1. The zero-order valence-electron chi connectivity index (χ0n) is 18.1. The Balaban J connectivity index is 5.31. The van der Waals surface area contributed by atoms with E-state index in [9.17, 15) is 14.4 Å². The number of amides is 2. The van der Waals surface area contributed by atoms with Crippen LogP contribution >= 0.6 is 0 Å². The summed E-state index contributed by atoms with van der Waals surface area (Å²) in [6, 6.07) is -1.45. The molecule has 0 saturated carbocycles. The van der Waals surface area contributed by atoms with E-state index in [1.807, 2.05) is 27.7 Å². The summed E-state index contributed by atoms with van der Waals surface area (Å²) in [5, 5.41) is 5.92. The number of rotatable bonds is 11. The van der Waals surface area contributed by atoms with Gasteiger partial charge in [0.15, 0.2) is 5.78 Å². The summed E-state index contributed by atoms with van der Waals surface area (Å²) < 4.78 is 0. The molecule has 0 spiro atoms. The molecule has 0 radical (unpaired) electrons. The lowest BCUT2D eigenvalue weighted by molar-refractivity contribution is -0.142. The van der Waals surface area contributed by atoms with E-state index in [4.69, 9.17) is 0 Å². The Hall–Kier alpha value is -1.43. The number of hydrogen-bond acceptors (Lipinski definition) is 4. The Morgan fingerprint density at radius 2 is 1.42 bits per heavy atom. The van der Waals surface area contributed by atoms with Gasteiger partial charge in [-0.3, -0.25) is 14.4 Å². The molecule has 0 aliphatic rings. The molecule has 0 aliphatic heterocycles. The molecule has 26 heavy (non-hydrogen) atoms. The largest absolute Gasteiger partial charge is 0.343 e. The van der Waals surface area contributed by atoms with E-state index in [-0.39, 0.29) is 29.6 Å². The fraction of sp³-hybridized carbons (Fsp3) is 0.850. The van der Waals surface area contributed by atoms with Crippen LogP contribution in [-0.2, 0) is 14.4 Å². The van der Waals surface area contributed by atoms with Crippen LogP contribution in [-0.4, -0.2) is 54.7 Å². The van der Waals surface area contributed by atoms with Gasteiger partial charge in [-0.25, -0.2) is 0 Å². The molecule has 0 saturated heterocycles. The Labute approximate surface area is 159 Å². The van der Waals surface area contributed by atoms with E-state index in [1.54, 1.807) is 14.1 Å². The molecule has 2 amide bonds. The number of hydrogen-bond donors (Lipinski definition) is 2. The van der Waals surface area contributed by atoms with Gasteiger partial charge in [0, 0.05) is 7.05 Å². The molecule has 0 aromatic carbocycles. The minimum absolute atomic E-state index is 0.0312. The first-order valence-corrected chi connectivity index (χ1v) is 9.67. The van der Waals surface area contributed by atoms with Crippen molar-refractivity contribution < 1.29 is 14.4 Å². The predicted octanol–water partition coefficient (Wildman–Crippen LogP) is 2.22. The fourth-order valence-electron chi connectivity index (χ4n) is 3.01. The van der Waals surface area contributed by atoms with Crippen LogP contribution in [0.1, 0.15) is 61.3 Å². The Bertz CT molecular complexity index is 475. The van der Waals surface area contributed by atoms with Crippen LogP contribution in [0, 0.1) is 17.8 Å². The van der Waals surface area contributed by atoms with Crippen molar-refractivity contribution in [3.63, 3.8) is 0 Å². The SMILES string of the molecule is CN[C@@H](CC(C)C)C(=O)N[C@H](C(=O)N(C)[C@@H](CC(C)C)C(C)=O)C(C)C. The van der Waals surface area contributed by atoms with Crippen molar-refractivity contribution >= 4 is 17.6 Å². The zero-order chi connectivity index (χ0) is 20.6. The van der Waals surface area contributed by atoms with Crippen molar-refractivity contribution in [3.05, 3.63) is 0 Å². The minimum atomic E-state index is -0.649. The summed E-state index contributed by atoms with van der Waals surface area (Å²) in [5.74, 6) is 0.167. The molecule has 152 valence electrons. The van der Waals surface area contributed by atoms with Gasteiger partial charge in [0.2, 0.25) is 11.8 Å². The second-order valence-electron chi connectivity index (χ2n) is 8.41. The molecule has 0 unspecified atom stereocenters. The molecular weight excluding hydrogens is 330 g/mol. The van der Waals surface area contributed by atoms with Gasteiger partial charge in [-0.1, -0.05) is 41.5 Å². The molecule has 0 bridgehead atoms. The number of carbonyl (C=O) groups excluding carboxylic acids is 3. The number of nitrogens with zero attached hydrogens (tertiary/aromatic N) is 1. The molecule has 0 aromatic heterocycles. The number of likely N-dealkylation sites (N-methyl/N-ethyl adjacent to an activating group) is 2. The third kappa shape index (κ3) is 7.85. The zero-order valence-corrected chi connectivity index (χ0v) is 18.1. The highest BCUT2D eigenvalue weighted by molar-refractivity contribution is 5.93. The molecule has 0 rings (SSSR count). The van der Waals surface area contributed by atoms with Crippen LogP contribution in [0.25, 0.3) is 0 Å². The average molecular weight is 370 g/mol. The van der Waals surface area contributed by atoms with Gasteiger partial charge in [0.1, 0.15) is 6.04 Å². The van der Waals surface area contributed by atoms with Crippen molar-refractivity contribution in [3.8, 4) is 0 Å². The molecular formula is C20H39N3O3. The predicted molar refractivity (Wildman–Crippen MR) is 106 cm³/mol. The lowest BCUT2D eigenvalue weighted by atomic mass is 9.96. The third-order valence-electron chi connectivity index (χ3n) is 4.58. The van der Waals surface area contributed by atoms with Gasteiger partial charge in [-0.15, -0.1) is 0 Å². The molecule has 3 atom stereocenters. The van der Waals surface area contributed by atoms with E-state index in [1.165, 1.54) is 11.8 Å². The smallest absolute Gasteiger partial charge is 0.245 e. The first kappa shape index (κ1) is 24.6. The lowest BCUT2D eigenvalue weighted by Gasteiger charge is -2.33. The summed E-state index contributed by atoms with van der Waals surface area (Å²) in [7, 11) is 3.40. The fourth-order valence-corrected chi connectivity index (χ4v) is 3.01. The Kier molecular flexibility index (Phi) is 10.7. The molecule has 6 nitrogen and oxygen atoms in total. The van der Waals surface area contributed by atoms with E-state index in [0.717, 1.165) is 0 Å². The van der Waals surface area contributed by atoms with Crippen LogP contribution in [0.5, 0.6) is 0 Å². The van der Waals surface area contributed by atoms with Crippen LogP contribution in [0.15, 0.2) is 0 Å². The second-order valence-corrected chi connectivity index (χ2v) is 8.41. The van der Waals surface area contributed by atoms with Gasteiger partial charge < -0.3 is 15.5 Å². The molecule has 6 heteroatoms. The standard InChI is InChI=1S/C20H39N3O3/c1-12(2)10-16(21-8)19(25)22-18(14(5)6)20(26)23(9)17(15(7)24)11-13(3)4/h12-14,16-18,21H,10-11H2,1-9H3,(H,22,25)/t16-,17-,18-/m0/s1. The summed E-state index contributed by atoms with van der Waals surface area (Å²) in [6.07, 6.45) is 1.31. The van der Waals surface area contributed by atoms with Gasteiger partial charge in [0.05, 0.1) is 12.1 Å². The number of carbonyl (C=O) groups is 3. The quantitative estimate of drug-likeness (QED) is 0.585. The first-order chi connectivity index (χ1) is 11.9. The Morgan fingerprint density at radius 3 is 1.77 bits per heavy atom. The molecule has 0 aromatic rings. The second kappa shape index (κ2) is 11.3. The van der Waals surface area contributed by atoms with Crippen molar-refractivity contribution in [2.24, 2.45) is 17.8 Å². The maximum atomic E-state index is 13.0. The average Bonchev–Trinajstić information content (AvgIpc) is 2.52. The van der Waals surface area contributed by atoms with Crippen LogP contribution in [0.3, 0.4) is 0 Å². The van der Waals surface area contributed by atoms with E-state index in [2.05, 4.69) is 24.5 Å². The van der Waals surface area contributed by atoms with Gasteiger partial charge in [-0.05, 0) is 44.6 Å². The van der Waals surface area contributed by atoms with Crippen LogP contribution in [0.4, 0.5) is 0 Å². The highest BCUT2D eigenvalue weighted by Gasteiger charge is 2.33. The Morgan fingerprint density at radius 1 is 0.923 bits per heavy atom. The highest BCUT2D eigenvalue weighted by Crippen LogP contribution is 2.15. The monoisotopic (exact) mass is 369 g/mol. The summed E-state index contributed by atoms with van der Waals surface area (Å²) in [5.41, 5.74) is 0. The van der Waals surface area contributed by atoms with E-state index < -0.39 is 12.1 Å². The molecule has 0 heterocycles. The van der Waals surface area contributed by atoms with Crippen molar-refractivity contribution in [2.75, 3.05) is 14.1 Å². The molecule has 0 aliphatic carbocycles. The first-order valence-electron chi connectivity index (χ1n) is 9.67. The number of Topliss-reactive ketones (excluding diaryl/α,β-unsaturated/α-hetero) is 1. The van der Waals surface area contributed by atoms with Crippen molar-refractivity contribution in [2.45, 2.75) is 79.4 Å². The lowest BCUT2D eigenvalue weighted by Crippen LogP contribution is -2.57. The van der Waals surface area contributed by atoms with E-state index >= 15 is 0 Å². The molecule has 0 fully saturated rings. The maximum absolute atomic E-state index is 13.0. The van der Waals surface area contributed by atoms with Gasteiger partial charge in [-0.2, -0.15) is 0 Å². The third-order valence-corrected chi connectivity index (χ3v) is 4.58. The van der Waals surface area contributed by atoms with Gasteiger partial charge in [0.25, 0.3) is 0 Å². The van der Waals surface area contributed by atoms with Crippen molar-refractivity contribution in [1.82, 2.24) is 15.5 Å². The molecule has 2 N–H and O–H groups in total. The van der Waals surface area contributed by atoms with Gasteiger partial charge >= 0.3 is 0 Å². The normalized spacial score (nSPS) is 15.1. The maximum Gasteiger partial charge on any atom is 0.245 e.